The van der Waals surface area contributed by atoms with Crippen LogP contribution >= 0.6 is 0 Å². The molecule has 0 N–H and O–H groups in total. The molecular weight excluding hydrogens is 184 g/mol. The summed E-state index contributed by atoms with van der Waals surface area (Å²) in [5.74, 6) is -0.900. The molecule has 0 bridgehead atoms. The predicted molar refractivity (Wildman–Crippen MR) is 50.7 cm³/mol. The smallest absolute Gasteiger partial charge is 0.302 e. The van der Waals surface area contributed by atoms with Gasteiger partial charge in [-0.3, -0.25) is 4.79 Å². The van der Waals surface area contributed by atoms with Gasteiger partial charge in [-0.15, -0.1) is 0 Å². The average Bonchev–Trinajstić information content (AvgIpc) is 2.14. The molecule has 1 heterocycles. The second kappa shape index (κ2) is 3.51. The first-order chi connectivity index (χ1) is 6.23. The fraction of sp³-hybridized carbons (Fsp3) is 0.900. The van der Waals surface area contributed by atoms with Crippen LogP contribution in [0.3, 0.4) is 0 Å². The van der Waals surface area contributed by atoms with E-state index < -0.39 is 11.4 Å². The van der Waals surface area contributed by atoms with Crippen LogP contribution in [0.25, 0.3) is 0 Å². The van der Waals surface area contributed by atoms with E-state index in [0.29, 0.717) is 0 Å². The van der Waals surface area contributed by atoms with Gasteiger partial charge in [0.1, 0.15) is 12.7 Å². The Hall–Kier alpha value is -0.610. The van der Waals surface area contributed by atoms with Gasteiger partial charge in [0.15, 0.2) is 5.79 Å². The van der Waals surface area contributed by atoms with Crippen LogP contribution < -0.4 is 0 Å². The molecule has 0 spiro atoms. The molecule has 82 valence electrons. The molecule has 0 radical (unpaired) electrons. The third-order valence-electron chi connectivity index (χ3n) is 2.15. The molecule has 1 fully saturated rings. The SMILES string of the molecule is CC(=O)OC[C@H]1OC(C)(C)OC1(C)C. The van der Waals surface area contributed by atoms with Crippen molar-refractivity contribution in [2.75, 3.05) is 6.61 Å². The maximum atomic E-state index is 10.7. The molecule has 4 heteroatoms. The minimum Gasteiger partial charge on any atom is -0.463 e. The van der Waals surface area contributed by atoms with E-state index in [9.17, 15) is 4.79 Å². The van der Waals surface area contributed by atoms with Gasteiger partial charge in [-0.2, -0.15) is 0 Å². The van der Waals surface area contributed by atoms with Crippen LogP contribution in [0.1, 0.15) is 34.6 Å². The quantitative estimate of drug-likeness (QED) is 0.636. The highest BCUT2D eigenvalue weighted by molar-refractivity contribution is 5.65. The van der Waals surface area contributed by atoms with Gasteiger partial charge in [0.05, 0.1) is 5.60 Å². The normalized spacial score (nSPS) is 28.8. The maximum absolute atomic E-state index is 10.7. The first-order valence-corrected chi connectivity index (χ1v) is 4.74. The molecule has 0 saturated carbocycles. The lowest BCUT2D eigenvalue weighted by Gasteiger charge is -2.23. The summed E-state index contributed by atoms with van der Waals surface area (Å²) in [5.41, 5.74) is -0.418. The minimum absolute atomic E-state index is 0.207. The zero-order chi connectivity index (χ0) is 11.0. The average molecular weight is 202 g/mol. The number of rotatable bonds is 2. The molecule has 1 saturated heterocycles. The number of carbonyl (C=O) groups is 1. The molecule has 1 rings (SSSR count). The summed E-state index contributed by atoms with van der Waals surface area (Å²) in [6.07, 6.45) is -0.207. The van der Waals surface area contributed by atoms with Crippen molar-refractivity contribution in [2.24, 2.45) is 0 Å². The minimum atomic E-state index is -0.603. The third kappa shape index (κ3) is 2.69. The molecule has 1 aliphatic rings. The molecule has 14 heavy (non-hydrogen) atoms. The van der Waals surface area contributed by atoms with Crippen LogP contribution in [0.2, 0.25) is 0 Å². The Kier molecular flexibility index (Phi) is 2.88. The van der Waals surface area contributed by atoms with Crippen molar-refractivity contribution in [1.29, 1.82) is 0 Å². The highest BCUT2D eigenvalue weighted by atomic mass is 16.8. The van der Waals surface area contributed by atoms with Gasteiger partial charge < -0.3 is 14.2 Å². The summed E-state index contributed by atoms with van der Waals surface area (Å²) >= 11 is 0. The van der Waals surface area contributed by atoms with Gasteiger partial charge in [-0.1, -0.05) is 0 Å². The van der Waals surface area contributed by atoms with E-state index in [2.05, 4.69) is 0 Å². The van der Waals surface area contributed by atoms with Crippen LogP contribution in [0.15, 0.2) is 0 Å². The summed E-state index contributed by atoms with van der Waals surface area (Å²) in [6, 6.07) is 0. The Morgan fingerprint density at radius 3 is 2.29 bits per heavy atom. The molecular formula is C10H18O4. The lowest BCUT2D eigenvalue weighted by molar-refractivity contribution is -0.163. The van der Waals surface area contributed by atoms with E-state index in [0.717, 1.165) is 0 Å². The first kappa shape index (κ1) is 11.5. The molecule has 4 nitrogen and oxygen atoms in total. The van der Waals surface area contributed by atoms with Crippen molar-refractivity contribution in [3.8, 4) is 0 Å². The summed E-state index contributed by atoms with van der Waals surface area (Å²) in [6.45, 7) is 9.18. The summed E-state index contributed by atoms with van der Waals surface area (Å²) in [7, 11) is 0. The number of esters is 1. The summed E-state index contributed by atoms with van der Waals surface area (Å²) in [5, 5.41) is 0. The largest absolute Gasteiger partial charge is 0.463 e. The van der Waals surface area contributed by atoms with Crippen molar-refractivity contribution in [1.82, 2.24) is 0 Å². The Morgan fingerprint density at radius 1 is 1.36 bits per heavy atom. The van der Waals surface area contributed by atoms with E-state index in [4.69, 9.17) is 14.2 Å². The van der Waals surface area contributed by atoms with Gasteiger partial charge in [-0.25, -0.2) is 0 Å². The van der Waals surface area contributed by atoms with Crippen LogP contribution in [0.4, 0.5) is 0 Å². The number of carbonyl (C=O) groups excluding carboxylic acids is 1. The van der Waals surface area contributed by atoms with Gasteiger partial charge >= 0.3 is 5.97 Å². The van der Waals surface area contributed by atoms with Gasteiger partial charge in [0.25, 0.3) is 0 Å². The monoisotopic (exact) mass is 202 g/mol. The van der Waals surface area contributed by atoms with Crippen molar-refractivity contribution in [3.63, 3.8) is 0 Å². The van der Waals surface area contributed by atoms with E-state index in [1.54, 1.807) is 0 Å². The van der Waals surface area contributed by atoms with E-state index in [1.165, 1.54) is 6.92 Å². The molecule has 0 amide bonds. The number of hydrogen-bond donors (Lipinski definition) is 0. The van der Waals surface area contributed by atoms with Crippen molar-refractivity contribution in [2.45, 2.75) is 52.1 Å². The highest BCUT2D eigenvalue weighted by Gasteiger charge is 2.47. The van der Waals surface area contributed by atoms with E-state index in [-0.39, 0.29) is 18.7 Å². The van der Waals surface area contributed by atoms with Crippen LogP contribution in [0, 0.1) is 0 Å². The highest BCUT2D eigenvalue weighted by Crippen LogP contribution is 2.35. The maximum Gasteiger partial charge on any atom is 0.302 e. The topological polar surface area (TPSA) is 44.8 Å². The second-order valence-electron chi connectivity index (χ2n) is 4.51. The van der Waals surface area contributed by atoms with Crippen molar-refractivity contribution < 1.29 is 19.0 Å². The molecule has 1 atom stereocenters. The Labute approximate surface area is 84.5 Å². The Balaban J connectivity index is 2.57. The molecule has 0 aromatic heterocycles. The zero-order valence-corrected chi connectivity index (χ0v) is 9.42. The molecule has 0 aliphatic carbocycles. The first-order valence-electron chi connectivity index (χ1n) is 4.74. The number of ether oxygens (including phenoxy) is 3. The lowest BCUT2D eigenvalue weighted by atomic mass is 10.0. The van der Waals surface area contributed by atoms with Crippen LogP contribution in [-0.4, -0.2) is 30.1 Å². The van der Waals surface area contributed by atoms with Crippen molar-refractivity contribution >= 4 is 5.97 Å². The van der Waals surface area contributed by atoms with Crippen LogP contribution in [0.5, 0.6) is 0 Å². The third-order valence-corrected chi connectivity index (χ3v) is 2.15. The Morgan fingerprint density at radius 2 is 1.93 bits per heavy atom. The standard InChI is InChI=1S/C10H18O4/c1-7(11)12-6-8-9(2,3)14-10(4,5)13-8/h8H,6H2,1-5H3/t8-/m1/s1. The lowest BCUT2D eigenvalue weighted by Crippen LogP contribution is -2.37. The van der Waals surface area contributed by atoms with Gasteiger partial charge in [-0.05, 0) is 27.7 Å². The fourth-order valence-electron chi connectivity index (χ4n) is 1.64. The van der Waals surface area contributed by atoms with E-state index in [1.807, 2.05) is 27.7 Å². The Bertz CT molecular complexity index is 232. The number of hydrogen-bond acceptors (Lipinski definition) is 4. The molecule has 0 unspecified atom stereocenters. The van der Waals surface area contributed by atoms with Crippen molar-refractivity contribution in [3.05, 3.63) is 0 Å². The summed E-state index contributed by atoms with van der Waals surface area (Å²) in [4.78, 5) is 10.7. The molecule has 1 aliphatic heterocycles. The van der Waals surface area contributed by atoms with E-state index >= 15 is 0 Å². The predicted octanol–water partition coefficient (Wildman–Crippen LogP) is 1.48. The molecule has 0 aromatic rings. The fourth-order valence-corrected chi connectivity index (χ4v) is 1.64. The van der Waals surface area contributed by atoms with Crippen LogP contribution in [-0.2, 0) is 19.0 Å². The second-order valence-corrected chi connectivity index (χ2v) is 4.51. The van der Waals surface area contributed by atoms with Gasteiger partial charge in [0.2, 0.25) is 0 Å². The molecule has 0 aromatic carbocycles. The van der Waals surface area contributed by atoms with Gasteiger partial charge in [0, 0.05) is 6.92 Å². The summed E-state index contributed by atoms with van der Waals surface area (Å²) < 4.78 is 16.2. The zero-order valence-electron chi connectivity index (χ0n) is 9.42.